The van der Waals surface area contributed by atoms with Crippen LogP contribution in [0, 0.1) is 0 Å². The summed E-state index contributed by atoms with van der Waals surface area (Å²) in [5.41, 5.74) is 7.29. The van der Waals surface area contributed by atoms with Crippen molar-refractivity contribution in [3.05, 3.63) is 23.3 Å². The molecular weight excluding hydrogens is 488 g/mol. The summed E-state index contributed by atoms with van der Waals surface area (Å²) in [6.45, 7) is 5.40. The van der Waals surface area contributed by atoms with Crippen LogP contribution in [-0.2, 0) is 21.3 Å². The maximum Gasteiger partial charge on any atom is 0.219 e. The number of nitrogens with zero attached hydrogens (tertiary/aromatic N) is 7. The Morgan fingerprint density at radius 2 is 1.83 bits per heavy atom. The number of nitrogens with two attached hydrogens (primary N) is 1. The maximum absolute atomic E-state index is 11.9. The summed E-state index contributed by atoms with van der Waals surface area (Å²) in [7, 11) is -1.49. The summed E-state index contributed by atoms with van der Waals surface area (Å²) in [6.07, 6.45) is 6.23. The maximum atomic E-state index is 11.9. The topological polar surface area (TPSA) is 131 Å². The van der Waals surface area contributed by atoms with Crippen molar-refractivity contribution in [1.29, 1.82) is 0 Å². The van der Waals surface area contributed by atoms with E-state index in [0.717, 1.165) is 67.2 Å². The van der Waals surface area contributed by atoms with E-state index < -0.39 is 10.0 Å². The van der Waals surface area contributed by atoms with Gasteiger partial charge in [-0.3, -0.25) is 4.90 Å². The SMILES string of the molecule is CN(C1CCN(Cc2cc3nc(-c4cnc(N)nc4)nc(N4CCOCC4)c3s2)CC1)S(C)(=O)=O. The molecule has 3 aromatic heterocycles. The predicted octanol–water partition coefficient (Wildman–Crippen LogP) is 1.42. The van der Waals surface area contributed by atoms with E-state index in [1.165, 1.54) is 15.4 Å². The molecule has 188 valence electrons. The number of rotatable bonds is 6. The van der Waals surface area contributed by atoms with Gasteiger partial charge in [-0.25, -0.2) is 32.7 Å². The second kappa shape index (κ2) is 9.90. The Labute approximate surface area is 209 Å². The van der Waals surface area contributed by atoms with Crippen LogP contribution in [-0.4, -0.2) is 96.3 Å². The fraction of sp³-hybridized carbons (Fsp3) is 0.545. The first-order valence-corrected chi connectivity index (χ1v) is 14.3. The van der Waals surface area contributed by atoms with Gasteiger partial charge < -0.3 is 15.4 Å². The third-order valence-corrected chi connectivity index (χ3v) is 9.07. The van der Waals surface area contributed by atoms with E-state index in [1.54, 1.807) is 30.8 Å². The molecule has 0 saturated carbocycles. The minimum absolute atomic E-state index is 0.0622. The van der Waals surface area contributed by atoms with Crippen LogP contribution in [0.3, 0.4) is 0 Å². The third kappa shape index (κ3) is 5.38. The standard InChI is InChI=1S/C22H30N8O3S2/c1-28(35(2,31)32)16-3-5-29(6-4-16)14-17-11-18-19(34-17)21(30-7-9-33-10-8-30)27-20(26-18)15-12-24-22(23)25-13-15/h11-13,16H,3-10,14H2,1-2H3,(H2,23,24,25). The number of piperidine rings is 1. The molecule has 0 bridgehead atoms. The number of fused-ring (bicyclic) bond motifs is 1. The Balaban J connectivity index is 1.40. The highest BCUT2D eigenvalue weighted by Gasteiger charge is 2.28. The number of nitrogen functional groups attached to an aromatic ring is 1. The van der Waals surface area contributed by atoms with Crippen LogP contribution < -0.4 is 10.6 Å². The monoisotopic (exact) mass is 518 g/mol. The Kier molecular flexibility index (Phi) is 6.86. The van der Waals surface area contributed by atoms with E-state index in [2.05, 4.69) is 25.8 Å². The molecule has 2 fully saturated rings. The van der Waals surface area contributed by atoms with Gasteiger partial charge in [0, 0.05) is 63.1 Å². The van der Waals surface area contributed by atoms with E-state index in [-0.39, 0.29) is 12.0 Å². The lowest BCUT2D eigenvalue weighted by atomic mass is 10.1. The van der Waals surface area contributed by atoms with E-state index >= 15 is 0 Å². The lowest BCUT2D eigenvalue weighted by molar-refractivity contribution is 0.122. The van der Waals surface area contributed by atoms with Gasteiger partial charge in [-0.1, -0.05) is 0 Å². The van der Waals surface area contributed by atoms with Gasteiger partial charge >= 0.3 is 0 Å². The highest BCUT2D eigenvalue weighted by atomic mass is 32.2. The second-order valence-corrected chi connectivity index (χ2v) is 12.2. The van der Waals surface area contributed by atoms with Crippen molar-refractivity contribution in [3.8, 4) is 11.4 Å². The number of likely N-dealkylation sites (tertiary alicyclic amines) is 1. The second-order valence-electron chi connectivity index (χ2n) is 9.01. The fourth-order valence-corrected chi connectivity index (χ4v) is 6.45. The zero-order valence-corrected chi connectivity index (χ0v) is 21.6. The molecule has 2 saturated heterocycles. The Morgan fingerprint density at radius 1 is 1.14 bits per heavy atom. The van der Waals surface area contributed by atoms with Crippen molar-refractivity contribution in [3.63, 3.8) is 0 Å². The third-order valence-electron chi connectivity index (χ3n) is 6.62. The molecule has 0 radical (unpaired) electrons. The van der Waals surface area contributed by atoms with E-state index in [1.807, 2.05) is 0 Å². The fourth-order valence-electron chi connectivity index (χ4n) is 4.55. The molecule has 0 spiro atoms. The normalized spacial score (nSPS) is 18.5. The van der Waals surface area contributed by atoms with Gasteiger partial charge in [0.05, 0.1) is 35.2 Å². The molecule has 3 aromatic rings. The smallest absolute Gasteiger partial charge is 0.219 e. The molecule has 2 N–H and O–H groups in total. The van der Waals surface area contributed by atoms with Gasteiger partial charge in [-0.15, -0.1) is 11.3 Å². The van der Waals surface area contributed by atoms with Crippen LogP contribution in [0.1, 0.15) is 17.7 Å². The average Bonchev–Trinajstić information content (AvgIpc) is 3.26. The van der Waals surface area contributed by atoms with E-state index in [0.29, 0.717) is 19.0 Å². The van der Waals surface area contributed by atoms with E-state index in [9.17, 15) is 8.42 Å². The Morgan fingerprint density at radius 3 is 2.49 bits per heavy atom. The molecule has 0 aromatic carbocycles. The minimum atomic E-state index is -3.17. The summed E-state index contributed by atoms with van der Waals surface area (Å²) < 4.78 is 31.9. The van der Waals surface area contributed by atoms with Crippen molar-refractivity contribution in [1.82, 2.24) is 29.1 Å². The lowest BCUT2D eigenvalue weighted by Gasteiger charge is -2.35. The molecule has 2 aliphatic rings. The van der Waals surface area contributed by atoms with Crippen molar-refractivity contribution < 1.29 is 13.2 Å². The van der Waals surface area contributed by atoms with Gasteiger partial charge in [0.15, 0.2) is 11.6 Å². The molecule has 0 amide bonds. The largest absolute Gasteiger partial charge is 0.378 e. The van der Waals surface area contributed by atoms with Crippen LogP contribution >= 0.6 is 11.3 Å². The van der Waals surface area contributed by atoms with Gasteiger partial charge in [-0.05, 0) is 18.9 Å². The lowest BCUT2D eigenvalue weighted by Crippen LogP contribution is -2.44. The Hall–Kier alpha value is -2.45. The number of morpholine rings is 1. The molecule has 11 nitrogen and oxygen atoms in total. The summed E-state index contributed by atoms with van der Waals surface area (Å²) in [6, 6.07) is 2.20. The van der Waals surface area contributed by atoms with Gasteiger partial charge in [0.25, 0.3) is 0 Å². The molecule has 0 aliphatic carbocycles. The van der Waals surface area contributed by atoms with Crippen molar-refractivity contribution in [2.75, 3.05) is 63.3 Å². The number of sulfonamides is 1. The molecule has 2 aliphatic heterocycles. The molecule has 5 rings (SSSR count). The summed E-state index contributed by atoms with van der Waals surface area (Å²) in [4.78, 5) is 23.8. The molecule has 0 unspecified atom stereocenters. The highest BCUT2D eigenvalue weighted by Crippen LogP contribution is 2.35. The number of aromatic nitrogens is 4. The van der Waals surface area contributed by atoms with Crippen LogP contribution in [0.15, 0.2) is 18.5 Å². The van der Waals surface area contributed by atoms with Gasteiger partial charge in [-0.2, -0.15) is 0 Å². The molecular formula is C22H30N8O3S2. The van der Waals surface area contributed by atoms with Crippen molar-refractivity contribution in [2.45, 2.75) is 25.4 Å². The number of hydrogen-bond acceptors (Lipinski definition) is 11. The first-order valence-electron chi connectivity index (χ1n) is 11.6. The zero-order valence-electron chi connectivity index (χ0n) is 19.9. The first-order chi connectivity index (χ1) is 16.8. The summed E-state index contributed by atoms with van der Waals surface area (Å²) in [5, 5.41) is 0. The van der Waals surface area contributed by atoms with Crippen molar-refractivity contribution >= 4 is 43.3 Å². The number of thiophene rings is 1. The van der Waals surface area contributed by atoms with Crippen LogP contribution in [0.4, 0.5) is 11.8 Å². The van der Waals surface area contributed by atoms with E-state index in [4.69, 9.17) is 20.4 Å². The number of anilines is 2. The summed E-state index contributed by atoms with van der Waals surface area (Å²) in [5.74, 6) is 1.70. The minimum Gasteiger partial charge on any atom is -0.378 e. The number of hydrogen-bond donors (Lipinski definition) is 1. The van der Waals surface area contributed by atoms with Gasteiger partial charge in [0.2, 0.25) is 16.0 Å². The molecule has 0 atom stereocenters. The zero-order chi connectivity index (χ0) is 24.6. The molecule has 5 heterocycles. The Bertz CT molecular complexity index is 1280. The average molecular weight is 519 g/mol. The van der Waals surface area contributed by atoms with Crippen molar-refractivity contribution in [2.24, 2.45) is 0 Å². The van der Waals surface area contributed by atoms with Crippen LogP contribution in [0.5, 0.6) is 0 Å². The quantitative estimate of drug-likeness (QED) is 0.511. The van der Waals surface area contributed by atoms with Crippen LogP contribution in [0.25, 0.3) is 21.6 Å². The molecule has 13 heteroatoms. The van der Waals surface area contributed by atoms with Gasteiger partial charge in [0.1, 0.15) is 0 Å². The number of ether oxygens (including phenoxy) is 1. The first kappa shape index (κ1) is 24.3. The van der Waals surface area contributed by atoms with Crippen LogP contribution in [0.2, 0.25) is 0 Å². The summed E-state index contributed by atoms with van der Waals surface area (Å²) >= 11 is 1.72. The highest BCUT2D eigenvalue weighted by molar-refractivity contribution is 7.88. The predicted molar refractivity (Wildman–Crippen MR) is 137 cm³/mol. The molecule has 35 heavy (non-hydrogen) atoms.